The van der Waals surface area contributed by atoms with E-state index in [2.05, 4.69) is 62.4 Å². The minimum Gasteiger partial charge on any atom is -0.354 e. The fourth-order valence-electron chi connectivity index (χ4n) is 4.23. The molecule has 0 fully saturated rings. The van der Waals surface area contributed by atoms with Gasteiger partial charge in [0.25, 0.3) is 0 Å². The molecule has 1 aliphatic carbocycles. The molecular weight excluding hydrogens is 320 g/mol. The molecule has 4 rings (SSSR count). The number of hydrogen-bond acceptors (Lipinski definition) is 3. The van der Waals surface area contributed by atoms with Crippen molar-refractivity contribution in [3.63, 3.8) is 0 Å². The average molecular weight is 348 g/mol. The predicted molar refractivity (Wildman–Crippen MR) is 110 cm³/mol. The predicted octanol–water partition coefficient (Wildman–Crippen LogP) is 4.95. The van der Waals surface area contributed by atoms with Gasteiger partial charge in [-0.2, -0.15) is 5.10 Å². The van der Waals surface area contributed by atoms with E-state index >= 15 is 0 Å². The monoisotopic (exact) mass is 348 g/mol. The first kappa shape index (κ1) is 17.1. The van der Waals surface area contributed by atoms with Crippen LogP contribution in [0.15, 0.2) is 29.4 Å². The summed E-state index contributed by atoms with van der Waals surface area (Å²) in [6, 6.07) is 8.57. The Bertz CT molecular complexity index is 994. The van der Waals surface area contributed by atoms with E-state index < -0.39 is 0 Å². The molecular formula is C22H28N4. The lowest BCUT2D eigenvalue weighted by atomic mass is 9.74. The van der Waals surface area contributed by atoms with E-state index in [9.17, 15) is 0 Å². The molecule has 0 bridgehead atoms. The third-order valence-electron chi connectivity index (χ3n) is 5.24. The van der Waals surface area contributed by atoms with Gasteiger partial charge in [0.05, 0.1) is 22.6 Å². The van der Waals surface area contributed by atoms with Crippen LogP contribution in [-0.4, -0.2) is 22.2 Å². The smallest absolute Gasteiger partial charge is 0.0720 e. The first-order chi connectivity index (χ1) is 12.5. The van der Waals surface area contributed by atoms with Crippen molar-refractivity contribution in [2.75, 3.05) is 6.54 Å². The molecule has 1 aliphatic rings. The van der Waals surface area contributed by atoms with Crippen molar-refractivity contribution in [3.05, 3.63) is 41.2 Å². The summed E-state index contributed by atoms with van der Waals surface area (Å²) in [5.74, 6) is 0. The molecule has 26 heavy (non-hydrogen) atoms. The highest BCUT2D eigenvalue weighted by molar-refractivity contribution is 6.18. The van der Waals surface area contributed by atoms with Gasteiger partial charge in [-0.25, -0.2) is 0 Å². The summed E-state index contributed by atoms with van der Waals surface area (Å²) in [6.07, 6.45) is 4.07. The number of rotatable bonds is 4. The van der Waals surface area contributed by atoms with Crippen LogP contribution in [0.4, 0.5) is 0 Å². The van der Waals surface area contributed by atoms with Crippen molar-refractivity contribution in [3.8, 4) is 0 Å². The van der Waals surface area contributed by atoms with Crippen LogP contribution in [0.3, 0.4) is 0 Å². The van der Waals surface area contributed by atoms with E-state index in [1.165, 1.54) is 38.8 Å². The number of hydrogen-bond donors (Lipinski definition) is 2. The van der Waals surface area contributed by atoms with Crippen molar-refractivity contribution >= 4 is 27.5 Å². The normalized spacial score (nSPS) is 17.8. The van der Waals surface area contributed by atoms with Crippen LogP contribution in [0, 0.1) is 5.41 Å². The van der Waals surface area contributed by atoms with Gasteiger partial charge in [0, 0.05) is 28.4 Å². The number of H-pyrrole nitrogens is 1. The summed E-state index contributed by atoms with van der Waals surface area (Å²) in [5, 5.41) is 7.30. The first-order valence-electron chi connectivity index (χ1n) is 9.76. The van der Waals surface area contributed by atoms with Crippen LogP contribution < -0.4 is 5.43 Å². The summed E-state index contributed by atoms with van der Waals surface area (Å²) in [5.41, 5.74) is 10.5. The number of aromatic nitrogens is 2. The van der Waals surface area contributed by atoms with Gasteiger partial charge in [-0.1, -0.05) is 45.4 Å². The zero-order valence-corrected chi connectivity index (χ0v) is 16.2. The molecule has 0 amide bonds. The third kappa shape index (κ3) is 2.77. The Morgan fingerprint density at radius 1 is 1.19 bits per heavy atom. The van der Waals surface area contributed by atoms with Crippen molar-refractivity contribution in [2.24, 2.45) is 10.5 Å². The second-order valence-corrected chi connectivity index (χ2v) is 8.14. The van der Waals surface area contributed by atoms with Gasteiger partial charge in [-0.15, -0.1) is 0 Å². The number of aromatic amines is 1. The fraction of sp³-hybridized carbons (Fsp3) is 0.455. The SMILES string of the molecule is CCCc1nc2c(c3[nH]c4ccccc4c13)/C(=N/NCC)CC(C)(C)C2. The largest absolute Gasteiger partial charge is 0.354 e. The molecule has 0 saturated carbocycles. The zero-order valence-electron chi connectivity index (χ0n) is 16.2. The lowest BCUT2D eigenvalue weighted by molar-refractivity contribution is 0.367. The van der Waals surface area contributed by atoms with E-state index in [-0.39, 0.29) is 5.41 Å². The number of nitrogens with zero attached hydrogens (tertiary/aromatic N) is 2. The minimum absolute atomic E-state index is 0.178. The number of nitrogens with one attached hydrogen (secondary N) is 2. The van der Waals surface area contributed by atoms with Gasteiger partial charge in [0.15, 0.2) is 0 Å². The first-order valence-corrected chi connectivity index (χ1v) is 9.76. The maximum atomic E-state index is 5.18. The van der Waals surface area contributed by atoms with Gasteiger partial charge in [0.1, 0.15) is 0 Å². The zero-order chi connectivity index (χ0) is 18.3. The van der Waals surface area contributed by atoms with Crippen LogP contribution in [0.5, 0.6) is 0 Å². The number of hydrazone groups is 1. The molecule has 136 valence electrons. The van der Waals surface area contributed by atoms with Gasteiger partial charge in [0.2, 0.25) is 0 Å². The molecule has 0 radical (unpaired) electrons. The topological polar surface area (TPSA) is 53.1 Å². The van der Waals surface area contributed by atoms with Gasteiger partial charge < -0.3 is 10.4 Å². The Hall–Kier alpha value is -2.36. The number of fused-ring (bicyclic) bond motifs is 5. The Morgan fingerprint density at radius 3 is 2.77 bits per heavy atom. The highest BCUT2D eigenvalue weighted by Crippen LogP contribution is 2.40. The summed E-state index contributed by atoms with van der Waals surface area (Å²) < 4.78 is 0. The van der Waals surface area contributed by atoms with Crippen molar-refractivity contribution < 1.29 is 0 Å². The van der Waals surface area contributed by atoms with Gasteiger partial charge in [-0.3, -0.25) is 4.98 Å². The Morgan fingerprint density at radius 2 is 2.00 bits per heavy atom. The maximum Gasteiger partial charge on any atom is 0.0720 e. The second kappa shape index (κ2) is 6.42. The average Bonchev–Trinajstić information content (AvgIpc) is 2.98. The molecule has 0 atom stereocenters. The second-order valence-electron chi connectivity index (χ2n) is 8.14. The van der Waals surface area contributed by atoms with Crippen LogP contribution >= 0.6 is 0 Å². The lowest BCUT2D eigenvalue weighted by Gasteiger charge is -2.32. The highest BCUT2D eigenvalue weighted by Gasteiger charge is 2.33. The van der Waals surface area contributed by atoms with Crippen LogP contribution in [0.1, 0.15) is 57.5 Å². The fourth-order valence-corrected chi connectivity index (χ4v) is 4.23. The van der Waals surface area contributed by atoms with E-state index in [4.69, 9.17) is 10.1 Å². The molecule has 4 heteroatoms. The molecule has 2 heterocycles. The highest BCUT2D eigenvalue weighted by atomic mass is 15.3. The molecule has 0 unspecified atom stereocenters. The summed E-state index contributed by atoms with van der Waals surface area (Å²) in [6.45, 7) is 9.77. The molecule has 2 N–H and O–H groups in total. The number of para-hydroxylation sites is 1. The maximum absolute atomic E-state index is 5.18. The Labute approximate surface area is 155 Å². The van der Waals surface area contributed by atoms with Crippen LogP contribution in [0.2, 0.25) is 0 Å². The molecule has 2 aromatic heterocycles. The summed E-state index contributed by atoms with van der Waals surface area (Å²) >= 11 is 0. The van der Waals surface area contributed by atoms with E-state index in [1.807, 2.05) is 0 Å². The quantitative estimate of drug-likeness (QED) is 0.655. The van der Waals surface area contributed by atoms with Crippen molar-refractivity contribution in [2.45, 2.75) is 53.4 Å². The molecule has 3 aromatic rings. The number of benzene rings is 1. The number of aryl methyl sites for hydroxylation is 1. The standard InChI is InChI=1S/C22H28N4/c1-5-9-16-19-14-10-7-8-11-15(14)25-21(19)20-17(24-16)12-22(3,4)13-18(20)26-23-6-2/h7-8,10-11,23,25H,5-6,9,12-13H2,1-4H3/b26-18+. The van der Waals surface area contributed by atoms with Crippen LogP contribution in [-0.2, 0) is 12.8 Å². The van der Waals surface area contributed by atoms with Crippen molar-refractivity contribution in [1.29, 1.82) is 0 Å². The Kier molecular flexibility index (Phi) is 4.22. The number of pyridine rings is 1. The minimum atomic E-state index is 0.178. The summed E-state index contributed by atoms with van der Waals surface area (Å²) in [7, 11) is 0. The van der Waals surface area contributed by atoms with Gasteiger partial charge >= 0.3 is 0 Å². The molecule has 0 saturated heterocycles. The van der Waals surface area contributed by atoms with E-state index in [0.29, 0.717) is 0 Å². The third-order valence-corrected chi connectivity index (χ3v) is 5.24. The summed E-state index contributed by atoms with van der Waals surface area (Å²) in [4.78, 5) is 8.87. The van der Waals surface area contributed by atoms with Gasteiger partial charge in [-0.05, 0) is 37.7 Å². The van der Waals surface area contributed by atoms with E-state index in [1.54, 1.807) is 0 Å². The molecule has 1 aromatic carbocycles. The molecule has 4 nitrogen and oxygen atoms in total. The lowest BCUT2D eigenvalue weighted by Crippen LogP contribution is -2.30. The van der Waals surface area contributed by atoms with Crippen LogP contribution in [0.25, 0.3) is 21.8 Å². The molecule has 0 spiro atoms. The van der Waals surface area contributed by atoms with Crippen molar-refractivity contribution in [1.82, 2.24) is 15.4 Å². The van der Waals surface area contributed by atoms with E-state index in [0.717, 1.165) is 37.9 Å². The Balaban J connectivity index is 2.08. The molecule has 0 aliphatic heterocycles.